The van der Waals surface area contributed by atoms with Crippen molar-refractivity contribution in [3.63, 3.8) is 0 Å². The molecule has 0 unspecified atom stereocenters. The van der Waals surface area contributed by atoms with Crippen LogP contribution in [0.5, 0.6) is 0 Å². The van der Waals surface area contributed by atoms with E-state index in [9.17, 15) is 4.39 Å². The Morgan fingerprint density at radius 3 is 2.14 bits per heavy atom. The Morgan fingerprint density at radius 2 is 1.71 bits per heavy atom. The lowest BCUT2D eigenvalue weighted by Crippen LogP contribution is -2.11. The van der Waals surface area contributed by atoms with Crippen molar-refractivity contribution in [1.29, 1.82) is 0 Å². The molecular formula is C11H17ClFN. The zero-order chi connectivity index (χ0) is 9.84. The highest BCUT2D eigenvalue weighted by molar-refractivity contribution is 5.85. The number of nitrogens with two attached hydrogens (primary N) is 1. The van der Waals surface area contributed by atoms with Gasteiger partial charge in [0.25, 0.3) is 0 Å². The van der Waals surface area contributed by atoms with Crippen LogP contribution in [0.1, 0.15) is 29.2 Å². The molecule has 0 aliphatic heterocycles. The molecule has 80 valence electrons. The van der Waals surface area contributed by atoms with Crippen LogP contribution in [0.4, 0.5) is 4.39 Å². The summed E-state index contributed by atoms with van der Waals surface area (Å²) in [7, 11) is 0. The van der Waals surface area contributed by atoms with Crippen molar-refractivity contribution in [1.82, 2.24) is 0 Å². The normalized spacial score (nSPS) is 12.0. The monoisotopic (exact) mass is 217 g/mol. The lowest BCUT2D eigenvalue weighted by Gasteiger charge is -2.11. The molecule has 1 aromatic rings. The molecule has 0 radical (unpaired) electrons. The summed E-state index contributed by atoms with van der Waals surface area (Å²) in [6.45, 7) is 3.70. The molecule has 3 heteroatoms. The number of halogens is 2. The van der Waals surface area contributed by atoms with Crippen molar-refractivity contribution >= 4 is 12.4 Å². The van der Waals surface area contributed by atoms with E-state index in [0.29, 0.717) is 6.42 Å². The molecular weight excluding hydrogens is 201 g/mol. The highest BCUT2D eigenvalue weighted by atomic mass is 35.5. The quantitative estimate of drug-likeness (QED) is 0.828. The minimum Gasteiger partial charge on any atom is -0.324 e. The molecule has 0 saturated heterocycles. The second-order valence-electron chi connectivity index (χ2n) is 3.51. The lowest BCUT2D eigenvalue weighted by molar-refractivity contribution is 0.442. The van der Waals surface area contributed by atoms with Crippen LogP contribution in [0.3, 0.4) is 0 Å². The predicted molar refractivity (Wildman–Crippen MR) is 60.7 cm³/mol. The zero-order valence-electron chi connectivity index (χ0n) is 8.59. The van der Waals surface area contributed by atoms with Crippen LogP contribution in [0.15, 0.2) is 18.2 Å². The van der Waals surface area contributed by atoms with E-state index in [1.807, 2.05) is 26.0 Å². The SMILES string of the molecule is Cc1cc(C)cc([C@@H](N)CCF)c1.Cl. The van der Waals surface area contributed by atoms with Crippen LogP contribution >= 0.6 is 12.4 Å². The van der Waals surface area contributed by atoms with Gasteiger partial charge in [0.15, 0.2) is 0 Å². The van der Waals surface area contributed by atoms with Gasteiger partial charge < -0.3 is 5.73 Å². The van der Waals surface area contributed by atoms with Crippen LogP contribution in [0.2, 0.25) is 0 Å². The summed E-state index contributed by atoms with van der Waals surface area (Å²) in [5.41, 5.74) is 9.21. The van der Waals surface area contributed by atoms with Crippen LogP contribution in [0, 0.1) is 13.8 Å². The molecule has 0 saturated carbocycles. The maximum Gasteiger partial charge on any atom is 0.0912 e. The van der Waals surface area contributed by atoms with E-state index in [2.05, 4.69) is 6.07 Å². The molecule has 0 heterocycles. The largest absolute Gasteiger partial charge is 0.324 e. The van der Waals surface area contributed by atoms with Gasteiger partial charge in [0, 0.05) is 6.04 Å². The molecule has 14 heavy (non-hydrogen) atoms. The molecule has 0 aromatic heterocycles. The fraction of sp³-hybridized carbons (Fsp3) is 0.455. The Labute approximate surface area is 90.9 Å². The van der Waals surface area contributed by atoms with Crippen LogP contribution < -0.4 is 5.73 Å². The van der Waals surface area contributed by atoms with E-state index in [-0.39, 0.29) is 25.1 Å². The molecule has 0 spiro atoms. The van der Waals surface area contributed by atoms with E-state index in [1.54, 1.807) is 0 Å². The van der Waals surface area contributed by atoms with Crippen molar-refractivity contribution < 1.29 is 4.39 Å². The van der Waals surface area contributed by atoms with Gasteiger partial charge in [-0.1, -0.05) is 29.3 Å². The van der Waals surface area contributed by atoms with Crippen molar-refractivity contribution in [2.24, 2.45) is 5.73 Å². The molecule has 1 rings (SSSR count). The third-order valence-electron chi connectivity index (χ3n) is 2.09. The topological polar surface area (TPSA) is 26.0 Å². The van der Waals surface area contributed by atoms with Crippen molar-refractivity contribution in [3.05, 3.63) is 34.9 Å². The summed E-state index contributed by atoms with van der Waals surface area (Å²) in [4.78, 5) is 0. The van der Waals surface area contributed by atoms with E-state index in [4.69, 9.17) is 5.73 Å². The summed E-state index contributed by atoms with van der Waals surface area (Å²) in [5, 5.41) is 0. The molecule has 0 fully saturated rings. The number of rotatable bonds is 3. The lowest BCUT2D eigenvalue weighted by atomic mass is 10.0. The summed E-state index contributed by atoms with van der Waals surface area (Å²) in [6.07, 6.45) is 0.406. The van der Waals surface area contributed by atoms with Gasteiger partial charge >= 0.3 is 0 Å². The van der Waals surface area contributed by atoms with Crippen LogP contribution in [0.25, 0.3) is 0 Å². The first kappa shape index (κ1) is 13.4. The van der Waals surface area contributed by atoms with Gasteiger partial charge in [-0.25, -0.2) is 0 Å². The first-order chi connectivity index (χ1) is 6.13. The maximum absolute atomic E-state index is 12.1. The van der Waals surface area contributed by atoms with E-state index < -0.39 is 0 Å². The minimum absolute atomic E-state index is 0. The predicted octanol–water partition coefficient (Wildman–Crippen LogP) is 3.08. The standard InChI is InChI=1S/C11H16FN.ClH/c1-8-5-9(2)7-10(6-8)11(13)3-4-12;/h5-7,11H,3-4,13H2,1-2H3;1H/t11-;/m0./s1. The molecule has 0 aliphatic carbocycles. The van der Waals surface area contributed by atoms with Gasteiger partial charge in [-0.3, -0.25) is 4.39 Å². The zero-order valence-corrected chi connectivity index (χ0v) is 9.40. The Morgan fingerprint density at radius 1 is 1.21 bits per heavy atom. The molecule has 1 nitrogen and oxygen atoms in total. The smallest absolute Gasteiger partial charge is 0.0912 e. The first-order valence-electron chi connectivity index (χ1n) is 4.53. The fourth-order valence-corrected chi connectivity index (χ4v) is 1.51. The van der Waals surface area contributed by atoms with Gasteiger partial charge in [0.1, 0.15) is 0 Å². The van der Waals surface area contributed by atoms with Crippen molar-refractivity contribution in [2.75, 3.05) is 6.67 Å². The molecule has 1 atom stereocenters. The number of alkyl halides is 1. The molecule has 0 bridgehead atoms. The Bertz CT molecular complexity index is 268. The second kappa shape index (κ2) is 5.99. The highest BCUT2D eigenvalue weighted by Gasteiger charge is 2.05. The van der Waals surface area contributed by atoms with Crippen LogP contribution in [-0.2, 0) is 0 Å². The molecule has 0 amide bonds. The molecule has 2 N–H and O–H groups in total. The molecule has 1 aromatic carbocycles. The van der Waals surface area contributed by atoms with E-state index in [0.717, 1.165) is 5.56 Å². The average Bonchev–Trinajstić information content (AvgIpc) is 2.03. The Hall–Kier alpha value is -0.600. The van der Waals surface area contributed by atoms with Crippen molar-refractivity contribution in [3.8, 4) is 0 Å². The Balaban J connectivity index is 0.00000169. The third kappa shape index (κ3) is 3.64. The maximum atomic E-state index is 12.1. The van der Waals surface area contributed by atoms with Gasteiger partial charge in [-0.05, 0) is 25.8 Å². The Kier molecular flexibility index (Phi) is 5.73. The summed E-state index contributed by atoms with van der Waals surface area (Å²) in [6, 6.07) is 5.97. The molecule has 0 aliphatic rings. The summed E-state index contributed by atoms with van der Waals surface area (Å²) < 4.78 is 12.1. The number of benzene rings is 1. The van der Waals surface area contributed by atoms with E-state index >= 15 is 0 Å². The van der Waals surface area contributed by atoms with Crippen molar-refractivity contribution in [2.45, 2.75) is 26.3 Å². The van der Waals surface area contributed by atoms with Gasteiger partial charge in [0.05, 0.1) is 6.67 Å². The van der Waals surface area contributed by atoms with Gasteiger partial charge in [-0.2, -0.15) is 0 Å². The average molecular weight is 218 g/mol. The van der Waals surface area contributed by atoms with Gasteiger partial charge in [-0.15, -0.1) is 12.4 Å². The fourth-order valence-electron chi connectivity index (χ4n) is 1.51. The van der Waals surface area contributed by atoms with Crippen LogP contribution in [-0.4, -0.2) is 6.67 Å². The second-order valence-corrected chi connectivity index (χ2v) is 3.51. The number of hydrogen-bond acceptors (Lipinski definition) is 1. The number of hydrogen-bond donors (Lipinski definition) is 1. The highest BCUT2D eigenvalue weighted by Crippen LogP contribution is 2.17. The first-order valence-corrected chi connectivity index (χ1v) is 4.53. The summed E-state index contributed by atoms with van der Waals surface area (Å²) >= 11 is 0. The van der Waals surface area contributed by atoms with Gasteiger partial charge in [0.2, 0.25) is 0 Å². The summed E-state index contributed by atoms with van der Waals surface area (Å²) in [5.74, 6) is 0. The van der Waals surface area contributed by atoms with E-state index in [1.165, 1.54) is 11.1 Å². The number of aryl methyl sites for hydroxylation is 2. The third-order valence-corrected chi connectivity index (χ3v) is 2.09. The minimum atomic E-state index is -0.353.